The van der Waals surface area contributed by atoms with E-state index in [1.54, 1.807) is 17.8 Å². The second-order valence-electron chi connectivity index (χ2n) is 16.2. The van der Waals surface area contributed by atoms with Crippen LogP contribution in [0.5, 0.6) is 0 Å². The summed E-state index contributed by atoms with van der Waals surface area (Å²) in [6.07, 6.45) is 7.88. The molecule has 2 aliphatic rings. The Labute approximate surface area is 393 Å². The first-order chi connectivity index (χ1) is 32.7. The molecule has 1 aliphatic heterocycles. The van der Waals surface area contributed by atoms with Gasteiger partial charge in [-0.2, -0.15) is 0 Å². The lowest BCUT2D eigenvalue weighted by molar-refractivity contribution is -0.140. The standard InChI is InChI=1S/C44H76N8O15/c1-35-28-42(56)52(44(35)58)30-36-5-7-37(8-6-36)43(57)47-29-39-31-51(50-49-39)11-13-60-15-17-62-19-21-64-23-25-66-27-26-65-24-22-63-20-18-61-16-14-59-12-10-46-40(54)33-67-34-41(55)48-38(32-53)4-2-3-9-45/h31-32,35-38H,2-30,33-34,45H2,1H3,(H,46,54)(H,47,57)(H,48,55). The largest absolute Gasteiger partial charge is 0.377 e. The van der Waals surface area contributed by atoms with Crippen LogP contribution in [0.25, 0.3) is 0 Å². The van der Waals surface area contributed by atoms with E-state index in [1.807, 2.05) is 0 Å². The zero-order valence-electron chi connectivity index (χ0n) is 39.4. The number of likely N-dealkylation sites (tertiary alicyclic amines) is 1. The molecule has 23 nitrogen and oxygen atoms in total. The van der Waals surface area contributed by atoms with Gasteiger partial charge in [0.2, 0.25) is 29.5 Å². The fraction of sp³-hybridized carbons (Fsp3) is 0.818. The van der Waals surface area contributed by atoms with Crippen LogP contribution in [0.2, 0.25) is 0 Å². The van der Waals surface area contributed by atoms with E-state index in [0.717, 1.165) is 38.5 Å². The average molecular weight is 957 g/mol. The highest BCUT2D eigenvalue weighted by molar-refractivity contribution is 6.03. The molecule has 0 radical (unpaired) electrons. The number of aldehydes is 1. The summed E-state index contributed by atoms with van der Waals surface area (Å²) in [4.78, 5) is 73.3. The number of hydrogen-bond donors (Lipinski definition) is 4. The van der Waals surface area contributed by atoms with Gasteiger partial charge in [-0.3, -0.25) is 28.9 Å². The summed E-state index contributed by atoms with van der Waals surface area (Å²) in [6.45, 7) is 10.00. The van der Waals surface area contributed by atoms with Gasteiger partial charge in [-0.15, -0.1) is 5.10 Å². The van der Waals surface area contributed by atoms with Gasteiger partial charge in [0.05, 0.1) is 131 Å². The number of amides is 5. The van der Waals surface area contributed by atoms with E-state index in [0.29, 0.717) is 157 Å². The number of nitrogens with one attached hydrogen (secondary N) is 3. The van der Waals surface area contributed by atoms with Crippen LogP contribution in [0.15, 0.2) is 6.20 Å². The molecule has 67 heavy (non-hydrogen) atoms. The topological polar surface area (TPSA) is 282 Å². The lowest BCUT2D eigenvalue weighted by atomic mass is 9.81. The van der Waals surface area contributed by atoms with E-state index >= 15 is 0 Å². The first-order valence-electron chi connectivity index (χ1n) is 23.6. The molecule has 2 heterocycles. The third kappa shape index (κ3) is 26.9. The molecule has 0 bridgehead atoms. The van der Waals surface area contributed by atoms with E-state index in [9.17, 15) is 28.8 Å². The van der Waals surface area contributed by atoms with Crippen LogP contribution >= 0.6 is 0 Å². The summed E-state index contributed by atoms with van der Waals surface area (Å²) in [6, 6.07) is -0.592. The monoisotopic (exact) mass is 957 g/mol. The number of nitrogens with zero attached hydrogens (tertiary/aromatic N) is 4. The number of imide groups is 1. The Morgan fingerprint density at radius 3 is 1.79 bits per heavy atom. The van der Waals surface area contributed by atoms with E-state index in [-0.39, 0.29) is 61.1 Å². The molecule has 0 spiro atoms. The van der Waals surface area contributed by atoms with E-state index in [4.69, 9.17) is 48.4 Å². The van der Waals surface area contributed by atoms with Gasteiger partial charge >= 0.3 is 0 Å². The maximum atomic E-state index is 12.8. The van der Waals surface area contributed by atoms with Gasteiger partial charge in [0.1, 0.15) is 25.2 Å². The van der Waals surface area contributed by atoms with Crippen LogP contribution in [0, 0.1) is 17.8 Å². The van der Waals surface area contributed by atoms with Gasteiger partial charge in [-0.1, -0.05) is 12.1 Å². The fourth-order valence-electron chi connectivity index (χ4n) is 7.04. The second-order valence-corrected chi connectivity index (χ2v) is 16.2. The number of carbonyl (C=O) groups is 6. The van der Waals surface area contributed by atoms with Crippen molar-refractivity contribution >= 4 is 35.8 Å². The number of unbranched alkanes of at least 4 members (excludes halogenated alkanes) is 1. The quantitative estimate of drug-likeness (QED) is 0.0354. The molecule has 2 atom stereocenters. The van der Waals surface area contributed by atoms with Crippen molar-refractivity contribution in [1.82, 2.24) is 35.8 Å². The van der Waals surface area contributed by atoms with Gasteiger partial charge in [-0.05, 0) is 57.4 Å². The SMILES string of the molecule is CC1CC(=O)N(CC2CCC(C(=O)NCc3cn(CCOCCOCCOCCOCCOCCOCCOCCOCCNC(=O)COCC(=O)NC(C=O)CCCCN)nn3)CC2)C1=O. The Bertz CT molecular complexity index is 1530. The van der Waals surface area contributed by atoms with Gasteiger partial charge in [-0.25, -0.2) is 4.68 Å². The number of carbonyl (C=O) groups excluding carboxylic acids is 6. The van der Waals surface area contributed by atoms with Crippen LogP contribution < -0.4 is 21.7 Å². The zero-order valence-corrected chi connectivity index (χ0v) is 39.4. The number of rotatable bonds is 42. The van der Waals surface area contributed by atoms with Crippen molar-refractivity contribution in [2.45, 2.75) is 77.4 Å². The molecule has 1 aromatic heterocycles. The molecule has 3 rings (SSSR count). The van der Waals surface area contributed by atoms with Crippen molar-refractivity contribution < 1.29 is 71.4 Å². The lowest BCUT2D eigenvalue weighted by Crippen LogP contribution is -2.39. The number of nitrogens with two attached hydrogens (primary N) is 1. The van der Waals surface area contributed by atoms with Crippen molar-refractivity contribution in [2.24, 2.45) is 23.5 Å². The number of aromatic nitrogens is 3. The number of hydrogen-bond acceptors (Lipinski definition) is 18. The molecule has 5 amide bonds. The molecule has 382 valence electrons. The van der Waals surface area contributed by atoms with Crippen LogP contribution in [-0.4, -0.2) is 200 Å². The van der Waals surface area contributed by atoms with E-state index in [2.05, 4.69) is 26.3 Å². The lowest BCUT2D eigenvalue weighted by Gasteiger charge is -2.30. The highest BCUT2D eigenvalue weighted by Gasteiger charge is 2.37. The molecule has 5 N–H and O–H groups in total. The van der Waals surface area contributed by atoms with Crippen molar-refractivity contribution in [2.75, 3.05) is 139 Å². The maximum absolute atomic E-state index is 12.8. The Kier molecular flexibility index (Phi) is 31.6. The Balaban J connectivity index is 0.974. The van der Waals surface area contributed by atoms with E-state index < -0.39 is 11.9 Å². The average Bonchev–Trinajstić information content (AvgIpc) is 3.88. The highest BCUT2D eigenvalue weighted by atomic mass is 16.6. The smallest absolute Gasteiger partial charge is 0.246 e. The predicted octanol–water partition coefficient (Wildman–Crippen LogP) is -0.826. The molecule has 1 aliphatic carbocycles. The van der Waals surface area contributed by atoms with Crippen molar-refractivity contribution in [3.63, 3.8) is 0 Å². The molecule has 1 saturated heterocycles. The predicted molar refractivity (Wildman–Crippen MR) is 239 cm³/mol. The van der Waals surface area contributed by atoms with Crippen LogP contribution in [-0.2, 0) is 84.5 Å². The third-order valence-electron chi connectivity index (χ3n) is 10.7. The van der Waals surface area contributed by atoms with Gasteiger partial charge in [0.25, 0.3) is 0 Å². The summed E-state index contributed by atoms with van der Waals surface area (Å²) < 4.78 is 50.8. The summed E-state index contributed by atoms with van der Waals surface area (Å²) in [5, 5.41) is 16.4. The third-order valence-corrected chi connectivity index (χ3v) is 10.7. The molecule has 2 fully saturated rings. The zero-order chi connectivity index (χ0) is 48.2. The second kappa shape index (κ2) is 36.9. The fourth-order valence-corrected chi connectivity index (χ4v) is 7.04. The normalized spacial score (nSPS) is 17.8. The maximum Gasteiger partial charge on any atom is 0.246 e. The molecule has 2 unspecified atom stereocenters. The minimum absolute atomic E-state index is 0.00621. The Morgan fingerprint density at radius 2 is 1.27 bits per heavy atom. The number of ether oxygens (including phenoxy) is 9. The van der Waals surface area contributed by atoms with Gasteiger partial charge < -0.3 is 69.1 Å². The van der Waals surface area contributed by atoms with Crippen LogP contribution in [0.4, 0.5) is 0 Å². The molecular weight excluding hydrogens is 881 g/mol. The minimum Gasteiger partial charge on any atom is -0.377 e. The van der Waals surface area contributed by atoms with Crippen LogP contribution in [0.3, 0.4) is 0 Å². The summed E-state index contributed by atoms with van der Waals surface area (Å²) >= 11 is 0. The van der Waals surface area contributed by atoms with Gasteiger partial charge in [0.15, 0.2) is 0 Å². The molecule has 0 aromatic carbocycles. The van der Waals surface area contributed by atoms with E-state index in [1.165, 1.54) is 4.90 Å². The highest BCUT2D eigenvalue weighted by Crippen LogP contribution is 2.31. The summed E-state index contributed by atoms with van der Waals surface area (Å²) in [7, 11) is 0. The Hall–Kier alpha value is -4.04. The Morgan fingerprint density at radius 1 is 0.731 bits per heavy atom. The summed E-state index contributed by atoms with van der Waals surface area (Å²) in [5.74, 6) is -1.07. The van der Waals surface area contributed by atoms with Crippen molar-refractivity contribution in [3.8, 4) is 0 Å². The minimum atomic E-state index is -0.592. The van der Waals surface area contributed by atoms with Crippen molar-refractivity contribution in [3.05, 3.63) is 11.9 Å². The first kappa shape index (κ1) is 57.3. The van der Waals surface area contributed by atoms with Crippen LogP contribution in [0.1, 0.15) is 64.0 Å². The molecule has 1 saturated carbocycles. The van der Waals surface area contributed by atoms with Crippen molar-refractivity contribution in [1.29, 1.82) is 0 Å². The van der Waals surface area contributed by atoms with Gasteiger partial charge in [0, 0.05) is 31.3 Å². The molecular formula is C44H76N8O15. The molecule has 1 aromatic rings. The molecule has 23 heteroatoms. The summed E-state index contributed by atoms with van der Waals surface area (Å²) in [5.41, 5.74) is 6.10. The first-order valence-corrected chi connectivity index (χ1v) is 23.6.